The summed E-state index contributed by atoms with van der Waals surface area (Å²) >= 11 is 0. The lowest BCUT2D eigenvalue weighted by atomic mass is 10.0. The Kier molecular flexibility index (Phi) is 4.79. The maximum absolute atomic E-state index is 12.5. The van der Waals surface area contributed by atoms with Gasteiger partial charge in [-0.2, -0.15) is 0 Å². The lowest BCUT2D eigenvalue weighted by Gasteiger charge is -2.35. The molecule has 1 aromatic heterocycles. The van der Waals surface area contributed by atoms with E-state index in [-0.39, 0.29) is 0 Å². The van der Waals surface area contributed by atoms with Gasteiger partial charge in [0, 0.05) is 50.7 Å². The zero-order valence-electron chi connectivity index (χ0n) is 14.6. The van der Waals surface area contributed by atoms with Gasteiger partial charge in [-0.15, -0.1) is 0 Å². The largest absolute Gasteiger partial charge is 0.340 e. The summed E-state index contributed by atoms with van der Waals surface area (Å²) in [5, 5.41) is 1.19. The average molecular weight is 335 g/mol. The van der Waals surface area contributed by atoms with Gasteiger partial charge in [-0.25, -0.2) is 0 Å². The summed E-state index contributed by atoms with van der Waals surface area (Å²) in [5.74, 6) is 0.787. The molecule has 0 unspecified atom stereocenters. The van der Waals surface area contributed by atoms with Crippen molar-refractivity contribution < 1.29 is 4.79 Å². The quantitative estimate of drug-likeness (QED) is 0.805. The van der Waals surface area contributed by atoms with Crippen LogP contribution in [-0.2, 0) is 11.3 Å². The van der Waals surface area contributed by atoms with Crippen LogP contribution in [0.4, 0.5) is 0 Å². The standard InChI is InChI=1S/C21H25N3O/c25-20(15-17-5-1-2-6-17)24-13-11-23(12-14-24)16-19-8-3-7-18-9-4-10-22-21(18)19/h1,3-5,7-10,17H,2,6,11-16H2/t17-/m0/s1. The van der Waals surface area contributed by atoms with Gasteiger partial charge in [-0.1, -0.05) is 36.4 Å². The Morgan fingerprint density at radius 2 is 1.96 bits per heavy atom. The fraction of sp³-hybridized carbons (Fsp3) is 0.429. The molecule has 0 bridgehead atoms. The predicted octanol–water partition coefficient (Wildman–Crippen LogP) is 3.24. The first-order valence-electron chi connectivity index (χ1n) is 9.29. The van der Waals surface area contributed by atoms with Gasteiger partial charge in [-0.3, -0.25) is 14.7 Å². The summed E-state index contributed by atoms with van der Waals surface area (Å²) in [6.45, 7) is 4.47. The summed E-state index contributed by atoms with van der Waals surface area (Å²) in [7, 11) is 0. The molecule has 2 heterocycles. The second kappa shape index (κ2) is 7.36. The minimum absolute atomic E-state index is 0.322. The Hall–Kier alpha value is -2.20. The van der Waals surface area contributed by atoms with Crippen molar-refractivity contribution in [2.24, 2.45) is 5.92 Å². The van der Waals surface area contributed by atoms with Crippen LogP contribution < -0.4 is 0 Å². The maximum Gasteiger partial charge on any atom is 0.223 e. The van der Waals surface area contributed by atoms with Crippen molar-refractivity contribution in [1.29, 1.82) is 0 Å². The molecule has 0 radical (unpaired) electrons. The van der Waals surface area contributed by atoms with Gasteiger partial charge in [0.25, 0.3) is 0 Å². The fourth-order valence-electron chi connectivity index (χ4n) is 3.91. The average Bonchev–Trinajstić information content (AvgIpc) is 3.16. The zero-order valence-corrected chi connectivity index (χ0v) is 14.6. The van der Waals surface area contributed by atoms with E-state index < -0.39 is 0 Å². The van der Waals surface area contributed by atoms with Crippen LogP contribution in [0.1, 0.15) is 24.8 Å². The molecule has 1 saturated heterocycles. The van der Waals surface area contributed by atoms with Crippen LogP contribution in [0.3, 0.4) is 0 Å². The van der Waals surface area contributed by atoms with Crippen LogP contribution in [-0.4, -0.2) is 46.9 Å². The van der Waals surface area contributed by atoms with Crippen molar-refractivity contribution in [2.75, 3.05) is 26.2 Å². The van der Waals surface area contributed by atoms with Gasteiger partial charge in [0.1, 0.15) is 0 Å². The van der Waals surface area contributed by atoms with Crippen LogP contribution in [0.15, 0.2) is 48.7 Å². The molecule has 1 aromatic carbocycles. The number of piperazine rings is 1. The first kappa shape index (κ1) is 16.3. The molecule has 4 rings (SSSR count). The van der Waals surface area contributed by atoms with Crippen molar-refractivity contribution in [3.63, 3.8) is 0 Å². The minimum Gasteiger partial charge on any atom is -0.340 e. The normalized spacial score (nSPS) is 21.1. The number of nitrogens with zero attached hydrogens (tertiary/aromatic N) is 3. The number of para-hydroxylation sites is 1. The second-order valence-corrected chi connectivity index (χ2v) is 7.12. The van der Waals surface area contributed by atoms with Crippen molar-refractivity contribution in [2.45, 2.75) is 25.8 Å². The molecule has 2 aromatic rings. The second-order valence-electron chi connectivity index (χ2n) is 7.12. The first-order chi connectivity index (χ1) is 12.3. The van der Waals surface area contributed by atoms with Crippen LogP contribution in [0.5, 0.6) is 0 Å². The third-order valence-corrected chi connectivity index (χ3v) is 5.38. The summed E-state index contributed by atoms with van der Waals surface area (Å²) < 4.78 is 0. The number of carbonyl (C=O) groups is 1. The predicted molar refractivity (Wildman–Crippen MR) is 100 cm³/mol. The van der Waals surface area contributed by atoms with Gasteiger partial charge >= 0.3 is 0 Å². The summed E-state index contributed by atoms with van der Waals surface area (Å²) in [5.41, 5.74) is 2.37. The molecule has 2 aliphatic rings. The Labute approximate surface area is 149 Å². The molecule has 0 saturated carbocycles. The highest BCUT2D eigenvalue weighted by Gasteiger charge is 2.23. The number of fused-ring (bicyclic) bond motifs is 1. The Balaban J connectivity index is 1.34. The van der Waals surface area contributed by atoms with E-state index in [4.69, 9.17) is 0 Å². The van der Waals surface area contributed by atoms with E-state index >= 15 is 0 Å². The molecular weight excluding hydrogens is 310 g/mol. The highest BCUT2D eigenvalue weighted by Crippen LogP contribution is 2.22. The molecule has 25 heavy (non-hydrogen) atoms. The third kappa shape index (κ3) is 3.74. The lowest BCUT2D eigenvalue weighted by Crippen LogP contribution is -2.48. The SMILES string of the molecule is O=C(C[C@H]1C=CCC1)N1CCN(Cc2cccc3cccnc23)CC1. The molecule has 0 N–H and O–H groups in total. The molecule has 0 spiro atoms. The molecule has 1 atom stereocenters. The van der Waals surface area contributed by atoms with E-state index in [2.05, 4.69) is 46.3 Å². The Bertz CT molecular complexity index is 772. The number of aromatic nitrogens is 1. The Morgan fingerprint density at radius 3 is 2.76 bits per heavy atom. The van der Waals surface area contributed by atoms with Gasteiger partial charge in [0.05, 0.1) is 5.52 Å². The zero-order chi connectivity index (χ0) is 17.1. The molecule has 130 valence electrons. The smallest absolute Gasteiger partial charge is 0.223 e. The highest BCUT2D eigenvalue weighted by molar-refractivity contribution is 5.81. The lowest BCUT2D eigenvalue weighted by molar-refractivity contribution is -0.133. The number of hydrogen-bond donors (Lipinski definition) is 0. The number of benzene rings is 1. The van der Waals surface area contributed by atoms with Gasteiger partial charge in [-0.05, 0) is 30.4 Å². The van der Waals surface area contributed by atoms with E-state index in [1.807, 2.05) is 17.2 Å². The van der Waals surface area contributed by atoms with E-state index in [0.717, 1.165) is 51.1 Å². The van der Waals surface area contributed by atoms with Gasteiger partial charge in [0.2, 0.25) is 5.91 Å². The Morgan fingerprint density at radius 1 is 1.12 bits per heavy atom. The van der Waals surface area contributed by atoms with Gasteiger partial charge in [0.15, 0.2) is 0 Å². The molecular formula is C21H25N3O. The van der Waals surface area contributed by atoms with Crippen molar-refractivity contribution in [1.82, 2.24) is 14.8 Å². The maximum atomic E-state index is 12.5. The van der Waals surface area contributed by atoms with E-state index in [0.29, 0.717) is 18.2 Å². The highest BCUT2D eigenvalue weighted by atomic mass is 16.2. The summed E-state index contributed by atoms with van der Waals surface area (Å²) in [6, 6.07) is 10.5. The third-order valence-electron chi connectivity index (χ3n) is 5.38. The summed E-state index contributed by atoms with van der Waals surface area (Å²) in [6.07, 6.45) is 9.23. The topological polar surface area (TPSA) is 36.4 Å². The fourth-order valence-corrected chi connectivity index (χ4v) is 3.91. The van der Waals surface area contributed by atoms with E-state index in [1.54, 1.807) is 0 Å². The van der Waals surface area contributed by atoms with Crippen LogP contribution in [0.2, 0.25) is 0 Å². The summed E-state index contributed by atoms with van der Waals surface area (Å²) in [4.78, 5) is 21.5. The first-order valence-corrected chi connectivity index (χ1v) is 9.29. The van der Waals surface area contributed by atoms with Crippen molar-refractivity contribution >= 4 is 16.8 Å². The van der Waals surface area contributed by atoms with Crippen LogP contribution in [0, 0.1) is 5.92 Å². The van der Waals surface area contributed by atoms with Gasteiger partial charge < -0.3 is 4.90 Å². The monoisotopic (exact) mass is 335 g/mol. The number of amides is 1. The molecule has 1 amide bonds. The van der Waals surface area contributed by atoms with Crippen LogP contribution >= 0.6 is 0 Å². The van der Waals surface area contributed by atoms with Crippen molar-refractivity contribution in [3.05, 3.63) is 54.2 Å². The number of allylic oxidation sites excluding steroid dienone is 2. The number of carbonyl (C=O) groups excluding carboxylic acids is 1. The molecule has 1 aliphatic carbocycles. The van der Waals surface area contributed by atoms with Crippen molar-refractivity contribution in [3.8, 4) is 0 Å². The van der Waals surface area contributed by atoms with Crippen LogP contribution in [0.25, 0.3) is 10.9 Å². The molecule has 1 aliphatic heterocycles. The minimum atomic E-state index is 0.322. The molecule has 4 heteroatoms. The number of rotatable bonds is 4. The number of hydrogen-bond acceptors (Lipinski definition) is 3. The molecule has 4 nitrogen and oxygen atoms in total. The molecule has 1 fully saturated rings. The number of pyridine rings is 1. The van der Waals surface area contributed by atoms with E-state index in [1.165, 1.54) is 10.9 Å². The van der Waals surface area contributed by atoms with E-state index in [9.17, 15) is 4.79 Å².